The first-order valence-electron chi connectivity index (χ1n) is 9.69. The van der Waals surface area contributed by atoms with E-state index in [0.29, 0.717) is 19.6 Å². The molecule has 0 aromatic heterocycles. The number of benzene rings is 1. The molecule has 0 spiro atoms. The van der Waals surface area contributed by atoms with Crippen LogP contribution in [0.25, 0.3) is 0 Å². The molecule has 28 heavy (non-hydrogen) atoms. The lowest BCUT2D eigenvalue weighted by atomic mass is 10.0. The van der Waals surface area contributed by atoms with Crippen LogP contribution in [-0.4, -0.2) is 68.9 Å². The van der Waals surface area contributed by atoms with Crippen molar-refractivity contribution < 1.29 is 23.8 Å². The molecule has 1 aromatic carbocycles. The summed E-state index contributed by atoms with van der Waals surface area (Å²) in [6, 6.07) is 5.64. The van der Waals surface area contributed by atoms with Crippen LogP contribution in [0.2, 0.25) is 0 Å². The molecule has 1 aromatic rings. The van der Waals surface area contributed by atoms with Gasteiger partial charge in [-0.1, -0.05) is 0 Å². The van der Waals surface area contributed by atoms with E-state index in [2.05, 4.69) is 5.32 Å². The molecule has 0 saturated carbocycles. The van der Waals surface area contributed by atoms with Crippen molar-refractivity contribution in [3.63, 3.8) is 0 Å². The van der Waals surface area contributed by atoms with Crippen molar-refractivity contribution in [1.29, 1.82) is 0 Å². The van der Waals surface area contributed by atoms with E-state index >= 15 is 0 Å². The van der Waals surface area contributed by atoms with Gasteiger partial charge in [0.25, 0.3) is 0 Å². The molecule has 1 unspecified atom stereocenters. The Labute approximate surface area is 165 Å². The van der Waals surface area contributed by atoms with Crippen molar-refractivity contribution in [1.82, 2.24) is 15.1 Å². The first kappa shape index (κ1) is 20.1. The maximum absolute atomic E-state index is 13.0. The first-order valence-corrected chi connectivity index (χ1v) is 9.69. The van der Waals surface area contributed by atoms with Crippen molar-refractivity contribution >= 4 is 12.1 Å². The van der Waals surface area contributed by atoms with Crippen LogP contribution >= 0.6 is 0 Å². The summed E-state index contributed by atoms with van der Waals surface area (Å²) in [4.78, 5) is 28.1. The second-order valence-electron chi connectivity index (χ2n) is 7.14. The fourth-order valence-corrected chi connectivity index (χ4v) is 4.03. The van der Waals surface area contributed by atoms with Crippen LogP contribution in [0.15, 0.2) is 18.2 Å². The van der Waals surface area contributed by atoms with E-state index in [1.165, 1.54) is 7.11 Å². The van der Waals surface area contributed by atoms with E-state index in [4.69, 9.17) is 14.2 Å². The van der Waals surface area contributed by atoms with E-state index in [1.54, 1.807) is 19.1 Å². The third kappa shape index (κ3) is 4.26. The fraction of sp³-hybridized carbons (Fsp3) is 0.600. The third-order valence-electron chi connectivity index (χ3n) is 5.56. The van der Waals surface area contributed by atoms with Crippen LogP contribution in [0.3, 0.4) is 0 Å². The van der Waals surface area contributed by atoms with E-state index in [-0.39, 0.29) is 24.2 Å². The average Bonchev–Trinajstić information content (AvgIpc) is 3.23. The highest BCUT2D eigenvalue weighted by atomic mass is 16.5. The Balaban J connectivity index is 1.65. The molecular formula is C20H29N3O5. The summed E-state index contributed by atoms with van der Waals surface area (Å²) in [6.45, 7) is 1.88. The summed E-state index contributed by atoms with van der Waals surface area (Å²) in [5.74, 6) is 1.51. The number of nitrogens with one attached hydrogen (secondary N) is 1. The number of carbonyl (C=O) groups is 2. The lowest BCUT2D eigenvalue weighted by molar-refractivity contribution is 0.109. The van der Waals surface area contributed by atoms with E-state index < -0.39 is 0 Å². The minimum atomic E-state index is -0.311. The quantitative estimate of drug-likeness (QED) is 0.854. The molecule has 0 aliphatic carbocycles. The number of hydrogen-bond acceptors (Lipinski definition) is 5. The van der Waals surface area contributed by atoms with Gasteiger partial charge in [-0.15, -0.1) is 0 Å². The lowest BCUT2D eigenvalue weighted by Gasteiger charge is -2.33. The number of urea groups is 1. The normalized spacial score (nSPS) is 20.0. The fourth-order valence-electron chi connectivity index (χ4n) is 4.03. The van der Waals surface area contributed by atoms with Gasteiger partial charge in [-0.25, -0.2) is 9.59 Å². The molecule has 8 heteroatoms. The van der Waals surface area contributed by atoms with Crippen LogP contribution in [-0.2, 0) is 4.74 Å². The molecule has 2 aliphatic heterocycles. The van der Waals surface area contributed by atoms with Gasteiger partial charge in [0.05, 0.1) is 27.4 Å². The number of amides is 3. The summed E-state index contributed by atoms with van der Waals surface area (Å²) in [5, 5.41) is 3.14. The molecule has 0 bridgehead atoms. The average molecular weight is 391 g/mol. The number of methoxy groups -OCH3 is 3. The van der Waals surface area contributed by atoms with Gasteiger partial charge in [0, 0.05) is 31.2 Å². The maximum atomic E-state index is 13.0. The van der Waals surface area contributed by atoms with Crippen LogP contribution in [0.4, 0.5) is 9.59 Å². The zero-order valence-corrected chi connectivity index (χ0v) is 16.8. The molecule has 3 rings (SSSR count). The minimum absolute atomic E-state index is 0.0415. The smallest absolute Gasteiger partial charge is 0.409 e. The van der Waals surface area contributed by atoms with E-state index in [1.807, 2.05) is 23.1 Å². The predicted octanol–water partition coefficient (Wildman–Crippen LogP) is 2.78. The SMILES string of the molecule is COC(=O)N1CCC(NC(=O)N2CCCC2c2cc(OC)ccc2OC)CC1. The van der Waals surface area contributed by atoms with Crippen LogP contribution < -0.4 is 14.8 Å². The van der Waals surface area contributed by atoms with Crippen molar-refractivity contribution in [2.24, 2.45) is 0 Å². The van der Waals surface area contributed by atoms with E-state index in [0.717, 1.165) is 42.7 Å². The van der Waals surface area contributed by atoms with Gasteiger partial charge < -0.3 is 29.3 Å². The van der Waals surface area contributed by atoms with Gasteiger partial charge in [0.1, 0.15) is 11.5 Å². The third-order valence-corrected chi connectivity index (χ3v) is 5.56. The number of piperidine rings is 1. The number of hydrogen-bond donors (Lipinski definition) is 1. The molecule has 154 valence electrons. The minimum Gasteiger partial charge on any atom is -0.497 e. The summed E-state index contributed by atoms with van der Waals surface area (Å²) in [7, 11) is 4.65. The largest absolute Gasteiger partial charge is 0.497 e. The monoisotopic (exact) mass is 391 g/mol. The molecule has 0 radical (unpaired) electrons. The summed E-state index contributed by atoms with van der Waals surface area (Å²) in [5.41, 5.74) is 0.968. The van der Waals surface area contributed by atoms with Gasteiger partial charge in [-0.05, 0) is 43.9 Å². The van der Waals surface area contributed by atoms with Crippen molar-refractivity contribution in [3.8, 4) is 11.5 Å². The second-order valence-corrected chi connectivity index (χ2v) is 7.14. The maximum Gasteiger partial charge on any atom is 0.409 e. The summed E-state index contributed by atoms with van der Waals surface area (Å²) in [6.07, 6.45) is 2.97. The highest BCUT2D eigenvalue weighted by Gasteiger charge is 2.34. The number of nitrogens with zero attached hydrogens (tertiary/aromatic N) is 2. The van der Waals surface area contributed by atoms with Crippen molar-refractivity contribution in [3.05, 3.63) is 23.8 Å². The molecule has 2 saturated heterocycles. The Morgan fingerprint density at radius 1 is 1.04 bits per heavy atom. The predicted molar refractivity (Wildman–Crippen MR) is 104 cm³/mol. The number of carbonyl (C=O) groups excluding carboxylic acids is 2. The molecule has 2 heterocycles. The Morgan fingerprint density at radius 2 is 1.79 bits per heavy atom. The number of ether oxygens (including phenoxy) is 3. The molecular weight excluding hydrogens is 362 g/mol. The van der Waals surface area contributed by atoms with Gasteiger partial charge in [-0.3, -0.25) is 0 Å². The van der Waals surface area contributed by atoms with Crippen molar-refractivity contribution in [2.45, 2.75) is 37.8 Å². The van der Waals surface area contributed by atoms with Gasteiger partial charge in [0.15, 0.2) is 0 Å². The Morgan fingerprint density at radius 3 is 2.43 bits per heavy atom. The topological polar surface area (TPSA) is 80.3 Å². The van der Waals surface area contributed by atoms with Gasteiger partial charge in [0.2, 0.25) is 0 Å². The number of rotatable bonds is 4. The Hall–Kier alpha value is -2.64. The highest BCUT2D eigenvalue weighted by Crippen LogP contribution is 2.39. The first-order chi connectivity index (χ1) is 13.6. The molecule has 2 aliphatic rings. The number of likely N-dealkylation sites (tertiary alicyclic amines) is 2. The zero-order chi connectivity index (χ0) is 20.1. The van der Waals surface area contributed by atoms with E-state index in [9.17, 15) is 9.59 Å². The van der Waals surface area contributed by atoms with Crippen LogP contribution in [0.5, 0.6) is 11.5 Å². The lowest BCUT2D eigenvalue weighted by Crippen LogP contribution is -2.50. The summed E-state index contributed by atoms with van der Waals surface area (Å²) < 4.78 is 15.6. The molecule has 1 atom stereocenters. The Bertz CT molecular complexity index is 703. The summed E-state index contributed by atoms with van der Waals surface area (Å²) >= 11 is 0. The molecule has 1 N–H and O–H groups in total. The molecule has 8 nitrogen and oxygen atoms in total. The van der Waals surface area contributed by atoms with Gasteiger partial charge >= 0.3 is 12.1 Å². The standard InChI is InChI=1S/C20H29N3O5/c1-26-15-6-7-18(27-2)16(13-15)17-5-4-10-23(17)19(24)21-14-8-11-22(12-9-14)20(25)28-3/h6-7,13-14,17H,4-5,8-12H2,1-3H3,(H,21,24). The molecule has 2 fully saturated rings. The molecule has 3 amide bonds. The highest BCUT2D eigenvalue weighted by molar-refractivity contribution is 5.76. The zero-order valence-electron chi connectivity index (χ0n) is 16.8. The Kier molecular flexibility index (Phi) is 6.49. The van der Waals surface area contributed by atoms with Crippen LogP contribution in [0, 0.1) is 0 Å². The van der Waals surface area contributed by atoms with Gasteiger partial charge in [-0.2, -0.15) is 0 Å². The second kappa shape index (κ2) is 9.03. The van der Waals surface area contributed by atoms with Crippen LogP contribution in [0.1, 0.15) is 37.3 Å². The van der Waals surface area contributed by atoms with Crippen molar-refractivity contribution in [2.75, 3.05) is 41.0 Å².